The molecule has 0 heterocycles. The molecule has 0 spiro atoms. The molecule has 3 rings (SSSR count). The molecule has 0 aromatic heterocycles. The Hall–Kier alpha value is -2.36. The lowest BCUT2D eigenvalue weighted by Gasteiger charge is -2.18. The van der Waals surface area contributed by atoms with Crippen LogP contribution in [0.4, 0.5) is 4.39 Å². The van der Waals surface area contributed by atoms with Crippen LogP contribution in [0.5, 0.6) is 5.75 Å². The molecule has 2 aromatic carbocycles. The molecule has 7 heteroatoms. The number of nitrogens with one attached hydrogen (secondary N) is 1. The maximum absolute atomic E-state index is 14.2. The summed E-state index contributed by atoms with van der Waals surface area (Å²) in [5.41, 5.74) is 3.01. The highest BCUT2D eigenvalue weighted by molar-refractivity contribution is 7.57. The van der Waals surface area contributed by atoms with Crippen molar-refractivity contribution in [3.63, 3.8) is 0 Å². The van der Waals surface area contributed by atoms with Gasteiger partial charge in [-0.1, -0.05) is 41.9 Å². The number of para-hydroxylation sites is 1. The van der Waals surface area contributed by atoms with Gasteiger partial charge in [0, 0.05) is 17.8 Å². The molecule has 0 aliphatic heterocycles. The van der Waals surface area contributed by atoms with Crippen molar-refractivity contribution in [2.24, 2.45) is 0 Å². The van der Waals surface area contributed by atoms with Crippen LogP contribution in [0.25, 0.3) is 5.57 Å². The van der Waals surface area contributed by atoms with Gasteiger partial charge in [0.1, 0.15) is 11.6 Å². The van der Waals surface area contributed by atoms with Gasteiger partial charge in [0.15, 0.2) is 0 Å². The number of hydrogen-bond donors (Lipinski definition) is 1. The summed E-state index contributed by atoms with van der Waals surface area (Å²) in [5, 5.41) is 2.75. The maximum Gasteiger partial charge on any atom is 0.340 e. The second-order valence-corrected chi connectivity index (χ2v) is 9.23. The first-order valence-corrected chi connectivity index (χ1v) is 11.1. The Bertz CT molecular complexity index is 1020. The molecule has 1 aliphatic carbocycles. The number of rotatable bonds is 5. The molecule has 1 amide bonds. The minimum Gasteiger partial charge on any atom is -0.427 e. The van der Waals surface area contributed by atoms with Crippen LogP contribution in [0.3, 0.4) is 0 Å². The van der Waals surface area contributed by atoms with Crippen LogP contribution in [0, 0.1) is 19.7 Å². The van der Waals surface area contributed by atoms with E-state index in [1.54, 1.807) is 43.3 Å². The van der Waals surface area contributed by atoms with Gasteiger partial charge in [-0.15, -0.1) is 0 Å². The van der Waals surface area contributed by atoms with E-state index >= 15 is 0 Å². The minimum atomic E-state index is -3.52. The Kier molecular flexibility index (Phi) is 5.78. The number of aryl methyl sites for hydroxylation is 2. The molecule has 0 saturated carbocycles. The average molecular weight is 420 g/mol. The van der Waals surface area contributed by atoms with Gasteiger partial charge in [-0.05, 0) is 55.2 Å². The molecule has 0 radical (unpaired) electrons. The van der Waals surface area contributed by atoms with Crippen molar-refractivity contribution >= 4 is 30.6 Å². The quantitative estimate of drug-likeness (QED) is 0.620. The van der Waals surface area contributed by atoms with Gasteiger partial charge >= 0.3 is 7.52 Å². The van der Waals surface area contributed by atoms with Crippen LogP contribution >= 0.6 is 19.1 Å². The first-order chi connectivity index (χ1) is 13.2. The van der Waals surface area contributed by atoms with Gasteiger partial charge in [-0.25, -0.2) is 4.39 Å². The van der Waals surface area contributed by atoms with Crippen LogP contribution in [0.15, 0.2) is 54.1 Å². The smallest absolute Gasteiger partial charge is 0.340 e. The van der Waals surface area contributed by atoms with Crippen molar-refractivity contribution in [2.75, 3.05) is 6.66 Å². The van der Waals surface area contributed by atoms with Crippen molar-refractivity contribution in [2.45, 2.75) is 20.3 Å². The van der Waals surface area contributed by atoms with E-state index in [2.05, 4.69) is 5.09 Å². The van der Waals surface area contributed by atoms with Gasteiger partial charge in [0.25, 0.3) is 5.91 Å². The Labute approximate surface area is 168 Å². The fraction of sp³-hybridized carbons (Fsp3) is 0.190. The van der Waals surface area contributed by atoms with E-state index in [4.69, 9.17) is 16.1 Å². The zero-order valence-corrected chi connectivity index (χ0v) is 17.4. The predicted molar refractivity (Wildman–Crippen MR) is 110 cm³/mol. The van der Waals surface area contributed by atoms with E-state index in [1.807, 2.05) is 13.0 Å². The lowest BCUT2D eigenvalue weighted by atomic mass is 9.99. The highest BCUT2D eigenvalue weighted by Gasteiger charge is 2.26. The summed E-state index contributed by atoms with van der Waals surface area (Å²) in [6.45, 7) is 4.90. The number of carbonyl (C=O) groups excluding carboxylic acids is 1. The van der Waals surface area contributed by atoms with Crippen LogP contribution < -0.4 is 9.61 Å². The molecule has 1 unspecified atom stereocenters. The van der Waals surface area contributed by atoms with Crippen LogP contribution in [0.1, 0.15) is 23.1 Å². The van der Waals surface area contributed by atoms with E-state index in [0.29, 0.717) is 33.7 Å². The molecule has 0 bridgehead atoms. The summed E-state index contributed by atoms with van der Waals surface area (Å²) in [6.07, 6.45) is 3.71. The lowest BCUT2D eigenvalue weighted by molar-refractivity contribution is -0.115. The van der Waals surface area contributed by atoms with E-state index in [1.165, 1.54) is 12.7 Å². The number of benzene rings is 2. The first kappa shape index (κ1) is 20.4. The summed E-state index contributed by atoms with van der Waals surface area (Å²) in [5.74, 6) is -0.603. The third-order valence-corrected chi connectivity index (χ3v) is 5.85. The van der Waals surface area contributed by atoms with E-state index in [0.717, 1.165) is 5.56 Å². The zero-order valence-electron chi connectivity index (χ0n) is 15.8. The molecule has 4 nitrogen and oxygen atoms in total. The molecule has 0 saturated heterocycles. The number of allylic oxidation sites excluding steroid dienone is 2. The highest BCUT2D eigenvalue weighted by Crippen LogP contribution is 2.43. The summed E-state index contributed by atoms with van der Waals surface area (Å²) in [4.78, 5) is 12.6. The van der Waals surface area contributed by atoms with E-state index in [-0.39, 0.29) is 11.6 Å². The van der Waals surface area contributed by atoms with Crippen LogP contribution in [-0.2, 0) is 9.36 Å². The first-order valence-electron chi connectivity index (χ1n) is 8.69. The minimum absolute atomic E-state index is 0.272. The third kappa shape index (κ3) is 4.37. The third-order valence-electron chi connectivity index (χ3n) is 4.41. The molecule has 28 heavy (non-hydrogen) atoms. The Morgan fingerprint density at radius 2 is 1.86 bits per heavy atom. The summed E-state index contributed by atoms with van der Waals surface area (Å²) >= 11 is 6.10. The SMILES string of the molecule is Cc1cccc(Cl)c1OP(C)(=O)NC(=O)C1=CCC(c2c(C)cccc2F)=C1. The van der Waals surface area contributed by atoms with Crippen LogP contribution in [-0.4, -0.2) is 12.6 Å². The second-order valence-electron chi connectivity index (χ2n) is 6.73. The highest BCUT2D eigenvalue weighted by atomic mass is 35.5. The number of hydrogen-bond acceptors (Lipinski definition) is 3. The zero-order chi connectivity index (χ0) is 20.5. The summed E-state index contributed by atoms with van der Waals surface area (Å²) in [7, 11) is -3.52. The molecular weight excluding hydrogens is 400 g/mol. The molecule has 2 aromatic rings. The second kappa shape index (κ2) is 7.94. The fourth-order valence-corrected chi connectivity index (χ4v) is 4.52. The standard InChI is InChI=1S/C21H20ClFNO3P/c1-13-6-5-9-18(23)19(13)15-10-11-16(12-15)21(25)24-28(3,26)27-20-14(2)7-4-8-17(20)22/h4-9,11-12H,10H2,1-3H3,(H,24,25,26). The van der Waals surface area contributed by atoms with Crippen molar-refractivity contribution in [1.29, 1.82) is 0 Å². The Balaban J connectivity index is 1.76. The van der Waals surface area contributed by atoms with Gasteiger partial charge in [0.05, 0.1) is 5.02 Å². The lowest BCUT2D eigenvalue weighted by Crippen LogP contribution is -2.23. The summed E-state index contributed by atoms with van der Waals surface area (Å²) < 4.78 is 32.5. The molecule has 1 N–H and O–H groups in total. The molecule has 1 atom stereocenters. The van der Waals surface area contributed by atoms with E-state index < -0.39 is 13.4 Å². The topological polar surface area (TPSA) is 55.4 Å². The van der Waals surface area contributed by atoms with Gasteiger partial charge in [-0.3, -0.25) is 14.4 Å². The average Bonchev–Trinajstić information content (AvgIpc) is 3.08. The van der Waals surface area contributed by atoms with Gasteiger partial charge in [-0.2, -0.15) is 0 Å². The number of amides is 1. The predicted octanol–water partition coefficient (Wildman–Crippen LogP) is 5.83. The number of halogens is 2. The fourth-order valence-electron chi connectivity index (χ4n) is 3.07. The maximum atomic E-state index is 14.2. The normalized spacial score (nSPS) is 15.5. The molecule has 146 valence electrons. The van der Waals surface area contributed by atoms with Crippen molar-refractivity contribution in [1.82, 2.24) is 5.09 Å². The Morgan fingerprint density at radius 3 is 2.54 bits per heavy atom. The monoisotopic (exact) mass is 419 g/mol. The molecule has 0 fully saturated rings. The summed E-state index contributed by atoms with van der Waals surface area (Å²) in [6, 6.07) is 10.0. The van der Waals surface area contributed by atoms with Crippen LogP contribution in [0.2, 0.25) is 5.02 Å². The number of carbonyl (C=O) groups is 1. The van der Waals surface area contributed by atoms with Gasteiger partial charge in [0.2, 0.25) is 0 Å². The Morgan fingerprint density at radius 1 is 1.18 bits per heavy atom. The van der Waals surface area contributed by atoms with E-state index in [9.17, 15) is 13.8 Å². The largest absolute Gasteiger partial charge is 0.427 e. The van der Waals surface area contributed by atoms with Crippen molar-refractivity contribution < 1.29 is 18.3 Å². The van der Waals surface area contributed by atoms with Gasteiger partial charge < -0.3 is 4.52 Å². The molecule has 1 aliphatic rings. The van der Waals surface area contributed by atoms with Crippen molar-refractivity contribution in [3.8, 4) is 5.75 Å². The van der Waals surface area contributed by atoms with Crippen molar-refractivity contribution in [3.05, 3.63) is 81.7 Å². The molecular formula is C21H20ClFNO3P.